The van der Waals surface area contributed by atoms with Gasteiger partial charge in [-0.2, -0.15) is 5.10 Å². The first kappa shape index (κ1) is 19.6. The lowest BCUT2D eigenvalue weighted by molar-refractivity contribution is -0.137. The maximum Gasteiger partial charge on any atom is 0.260 e. The van der Waals surface area contributed by atoms with Crippen LogP contribution in [0.1, 0.15) is 11.1 Å². The van der Waals surface area contributed by atoms with Crippen LogP contribution in [-0.2, 0) is 20.7 Å². The number of hydrazone groups is 1. The van der Waals surface area contributed by atoms with Gasteiger partial charge in [-0.25, -0.2) is 5.43 Å². The number of morpholine rings is 1. The van der Waals surface area contributed by atoms with E-state index in [2.05, 4.69) is 10.5 Å². The van der Waals surface area contributed by atoms with Crippen molar-refractivity contribution >= 4 is 18.0 Å². The summed E-state index contributed by atoms with van der Waals surface area (Å²) in [7, 11) is 0. The number of nitrogens with zero attached hydrogens (tertiary/aromatic N) is 2. The summed E-state index contributed by atoms with van der Waals surface area (Å²) < 4.78 is 10.8. The third kappa shape index (κ3) is 6.21. The van der Waals surface area contributed by atoms with Crippen molar-refractivity contribution in [3.05, 3.63) is 65.7 Å². The quantitative estimate of drug-likeness (QED) is 0.584. The van der Waals surface area contributed by atoms with E-state index in [-0.39, 0.29) is 24.8 Å². The van der Waals surface area contributed by atoms with Crippen molar-refractivity contribution in [3.8, 4) is 5.75 Å². The van der Waals surface area contributed by atoms with Crippen LogP contribution in [0.2, 0.25) is 0 Å². The zero-order valence-electron chi connectivity index (χ0n) is 15.5. The topological polar surface area (TPSA) is 80.2 Å². The number of hydrogen-bond acceptors (Lipinski definition) is 5. The molecule has 146 valence electrons. The van der Waals surface area contributed by atoms with Gasteiger partial charge in [0, 0.05) is 13.1 Å². The molecule has 0 bridgehead atoms. The molecule has 1 heterocycles. The van der Waals surface area contributed by atoms with E-state index < -0.39 is 0 Å². The summed E-state index contributed by atoms with van der Waals surface area (Å²) in [6.45, 7) is 2.35. The zero-order valence-corrected chi connectivity index (χ0v) is 15.5. The second-order valence-electron chi connectivity index (χ2n) is 6.31. The first-order valence-electron chi connectivity index (χ1n) is 9.15. The van der Waals surface area contributed by atoms with E-state index in [9.17, 15) is 9.59 Å². The lowest BCUT2D eigenvalue weighted by atomic mass is 10.1. The molecule has 28 heavy (non-hydrogen) atoms. The second-order valence-corrected chi connectivity index (χ2v) is 6.31. The van der Waals surface area contributed by atoms with E-state index >= 15 is 0 Å². The van der Waals surface area contributed by atoms with E-state index in [1.807, 2.05) is 30.3 Å². The Morgan fingerprint density at radius 3 is 2.50 bits per heavy atom. The van der Waals surface area contributed by atoms with Crippen LogP contribution in [0.4, 0.5) is 0 Å². The molecule has 1 saturated heterocycles. The molecular weight excluding hydrogens is 358 g/mol. The lowest BCUT2D eigenvalue weighted by Gasteiger charge is -2.26. The molecule has 7 heteroatoms. The largest absolute Gasteiger partial charge is 0.484 e. The van der Waals surface area contributed by atoms with Gasteiger partial charge < -0.3 is 14.4 Å². The lowest BCUT2D eigenvalue weighted by Crippen LogP contribution is -2.42. The highest BCUT2D eigenvalue weighted by Gasteiger charge is 2.16. The fourth-order valence-electron chi connectivity index (χ4n) is 2.70. The van der Waals surface area contributed by atoms with Crippen LogP contribution < -0.4 is 10.2 Å². The summed E-state index contributed by atoms with van der Waals surface area (Å²) in [4.78, 5) is 25.6. The monoisotopic (exact) mass is 381 g/mol. The number of carbonyl (C=O) groups is 2. The van der Waals surface area contributed by atoms with Gasteiger partial charge in [0.15, 0.2) is 6.61 Å². The fourth-order valence-corrected chi connectivity index (χ4v) is 2.70. The smallest absolute Gasteiger partial charge is 0.260 e. The first-order valence-corrected chi connectivity index (χ1v) is 9.15. The Kier molecular flexibility index (Phi) is 7.14. The molecule has 0 radical (unpaired) electrons. The highest BCUT2D eigenvalue weighted by atomic mass is 16.5. The third-order valence-electron chi connectivity index (χ3n) is 4.22. The van der Waals surface area contributed by atoms with Gasteiger partial charge in [0.05, 0.1) is 25.8 Å². The minimum Gasteiger partial charge on any atom is -0.484 e. The van der Waals surface area contributed by atoms with Crippen molar-refractivity contribution in [2.45, 2.75) is 6.42 Å². The predicted molar refractivity (Wildman–Crippen MR) is 105 cm³/mol. The van der Waals surface area contributed by atoms with E-state index in [0.29, 0.717) is 32.1 Å². The molecule has 0 atom stereocenters. The van der Waals surface area contributed by atoms with Crippen molar-refractivity contribution in [2.24, 2.45) is 5.10 Å². The molecule has 0 spiro atoms. The number of benzene rings is 2. The van der Waals surface area contributed by atoms with Crippen molar-refractivity contribution in [1.82, 2.24) is 10.3 Å². The van der Waals surface area contributed by atoms with Gasteiger partial charge in [-0.05, 0) is 35.4 Å². The fraction of sp³-hybridized carbons (Fsp3) is 0.286. The average molecular weight is 381 g/mol. The van der Waals surface area contributed by atoms with Gasteiger partial charge in [0.2, 0.25) is 5.91 Å². The van der Waals surface area contributed by atoms with E-state index in [1.165, 1.54) is 0 Å². The summed E-state index contributed by atoms with van der Waals surface area (Å²) in [5.74, 6) is 0.381. The van der Waals surface area contributed by atoms with Crippen molar-refractivity contribution in [1.29, 1.82) is 0 Å². The highest BCUT2D eigenvalue weighted by molar-refractivity contribution is 5.83. The SMILES string of the molecule is O=C(Cc1ccccc1)N/N=C\c1ccc(OCC(=O)N2CCOCC2)cc1. The summed E-state index contributed by atoms with van der Waals surface area (Å²) in [5.41, 5.74) is 4.26. The maximum atomic E-state index is 12.1. The van der Waals surface area contributed by atoms with Gasteiger partial charge in [-0.15, -0.1) is 0 Å². The Morgan fingerprint density at radius 1 is 1.07 bits per heavy atom. The van der Waals surface area contributed by atoms with Gasteiger partial charge in [0.25, 0.3) is 5.91 Å². The molecule has 1 N–H and O–H groups in total. The minimum absolute atomic E-state index is 0.00296. The second kappa shape index (κ2) is 10.2. The van der Waals surface area contributed by atoms with E-state index in [4.69, 9.17) is 9.47 Å². The Hall–Kier alpha value is -3.19. The molecule has 0 unspecified atom stereocenters. The predicted octanol–water partition coefficient (Wildman–Crippen LogP) is 1.62. The Balaban J connectivity index is 1.41. The van der Waals surface area contributed by atoms with Crippen molar-refractivity contribution in [3.63, 3.8) is 0 Å². The summed E-state index contributed by atoms with van der Waals surface area (Å²) >= 11 is 0. The molecule has 2 aromatic carbocycles. The van der Waals surface area contributed by atoms with Crippen LogP contribution in [0.25, 0.3) is 0 Å². The molecule has 1 aliphatic heterocycles. The average Bonchev–Trinajstić information content (AvgIpc) is 2.74. The first-order chi connectivity index (χ1) is 13.7. The number of amides is 2. The molecular formula is C21H23N3O4. The maximum absolute atomic E-state index is 12.1. The summed E-state index contributed by atoms with van der Waals surface area (Å²) in [6, 6.07) is 16.6. The zero-order chi connectivity index (χ0) is 19.6. The van der Waals surface area contributed by atoms with Crippen LogP contribution in [0.3, 0.4) is 0 Å². The van der Waals surface area contributed by atoms with Crippen LogP contribution >= 0.6 is 0 Å². The number of nitrogens with one attached hydrogen (secondary N) is 1. The van der Waals surface area contributed by atoms with Crippen LogP contribution in [0, 0.1) is 0 Å². The van der Waals surface area contributed by atoms with Gasteiger partial charge in [-0.1, -0.05) is 30.3 Å². The molecule has 0 saturated carbocycles. The molecule has 1 aliphatic rings. The number of hydrogen-bond donors (Lipinski definition) is 1. The molecule has 2 aromatic rings. The summed E-state index contributed by atoms with van der Waals surface area (Å²) in [5, 5.41) is 3.96. The number of ether oxygens (including phenoxy) is 2. The molecule has 1 fully saturated rings. The van der Waals surface area contributed by atoms with Crippen molar-refractivity contribution in [2.75, 3.05) is 32.9 Å². The number of rotatable bonds is 7. The van der Waals surface area contributed by atoms with Crippen LogP contribution in [-0.4, -0.2) is 55.8 Å². The third-order valence-corrected chi connectivity index (χ3v) is 4.22. The molecule has 3 rings (SSSR count). The Bertz CT molecular complexity index is 800. The standard InChI is InChI=1S/C21H23N3O4/c25-20(14-17-4-2-1-3-5-17)23-22-15-18-6-8-19(9-7-18)28-16-21(26)24-10-12-27-13-11-24/h1-9,15H,10-14,16H2,(H,23,25)/b22-15-. The van der Waals surface area contributed by atoms with Crippen molar-refractivity contribution < 1.29 is 19.1 Å². The minimum atomic E-state index is -0.177. The van der Waals surface area contributed by atoms with E-state index in [1.54, 1.807) is 35.4 Å². The molecule has 0 aromatic heterocycles. The Labute approximate surface area is 163 Å². The van der Waals surface area contributed by atoms with Crippen LogP contribution in [0.15, 0.2) is 59.7 Å². The van der Waals surface area contributed by atoms with Crippen LogP contribution in [0.5, 0.6) is 5.75 Å². The van der Waals surface area contributed by atoms with Gasteiger partial charge in [0.1, 0.15) is 5.75 Å². The Morgan fingerprint density at radius 2 is 1.79 bits per heavy atom. The molecule has 0 aliphatic carbocycles. The molecule has 7 nitrogen and oxygen atoms in total. The number of carbonyl (C=O) groups excluding carboxylic acids is 2. The van der Waals surface area contributed by atoms with Gasteiger partial charge in [-0.3, -0.25) is 9.59 Å². The molecule has 2 amide bonds. The summed E-state index contributed by atoms with van der Waals surface area (Å²) in [6.07, 6.45) is 1.84. The highest BCUT2D eigenvalue weighted by Crippen LogP contribution is 2.11. The van der Waals surface area contributed by atoms with E-state index in [0.717, 1.165) is 11.1 Å². The van der Waals surface area contributed by atoms with Gasteiger partial charge >= 0.3 is 0 Å². The normalized spacial score (nSPS) is 14.1.